The second-order valence-corrected chi connectivity index (χ2v) is 6.81. The molecule has 1 aromatic carbocycles. The lowest BCUT2D eigenvalue weighted by Gasteiger charge is -2.24. The van der Waals surface area contributed by atoms with Crippen LogP contribution in [-0.4, -0.2) is 35.9 Å². The standard InChI is InChI=1S/C20H28N4/c1-6-7-8-17-13(2)9-10-14(3)20(17)23-16(5)24-15(4)22-18-11-21-12-19(18)24/h6,9-10,18-19,21-22H,1,4,7-8,11-12H2,2-3,5H3. The molecule has 24 heavy (non-hydrogen) atoms. The van der Waals surface area contributed by atoms with Gasteiger partial charge >= 0.3 is 0 Å². The predicted octanol–water partition coefficient (Wildman–Crippen LogP) is 3.19. The average Bonchev–Trinajstić information content (AvgIpc) is 3.10. The molecule has 4 heteroatoms. The van der Waals surface area contributed by atoms with Crippen molar-refractivity contribution >= 4 is 11.5 Å². The van der Waals surface area contributed by atoms with Gasteiger partial charge in [-0.3, -0.25) is 0 Å². The third-order valence-electron chi connectivity index (χ3n) is 5.10. The van der Waals surface area contributed by atoms with Crippen LogP contribution in [0.3, 0.4) is 0 Å². The van der Waals surface area contributed by atoms with Gasteiger partial charge in [0, 0.05) is 13.1 Å². The Balaban J connectivity index is 1.96. The van der Waals surface area contributed by atoms with Gasteiger partial charge in [-0.15, -0.1) is 6.58 Å². The summed E-state index contributed by atoms with van der Waals surface area (Å²) in [6, 6.07) is 5.19. The minimum absolute atomic E-state index is 0.406. The van der Waals surface area contributed by atoms with Crippen LogP contribution in [0.2, 0.25) is 0 Å². The Morgan fingerprint density at radius 1 is 1.33 bits per heavy atom. The largest absolute Gasteiger partial charge is 0.366 e. The number of amidine groups is 1. The topological polar surface area (TPSA) is 39.7 Å². The van der Waals surface area contributed by atoms with Crippen LogP contribution in [0, 0.1) is 13.8 Å². The zero-order valence-corrected chi connectivity index (χ0v) is 15.0. The maximum absolute atomic E-state index is 5.04. The summed E-state index contributed by atoms with van der Waals surface area (Å²) in [5, 5.41) is 6.92. The minimum Gasteiger partial charge on any atom is -0.366 e. The minimum atomic E-state index is 0.406. The number of nitrogens with zero attached hydrogens (tertiary/aromatic N) is 2. The van der Waals surface area contributed by atoms with Gasteiger partial charge in [0.2, 0.25) is 0 Å². The van der Waals surface area contributed by atoms with Crippen LogP contribution >= 0.6 is 0 Å². The van der Waals surface area contributed by atoms with E-state index in [1.165, 1.54) is 16.7 Å². The Morgan fingerprint density at radius 2 is 2.08 bits per heavy atom. The quantitative estimate of drug-likeness (QED) is 0.508. The molecule has 3 rings (SSSR count). The molecule has 2 atom stereocenters. The predicted molar refractivity (Wildman–Crippen MR) is 102 cm³/mol. The Bertz CT molecular complexity index is 689. The number of benzene rings is 1. The molecule has 0 radical (unpaired) electrons. The molecule has 0 aromatic heterocycles. The molecule has 0 saturated carbocycles. The van der Waals surface area contributed by atoms with Gasteiger partial charge in [-0.1, -0.05) is 24.8 Å². The highest BCUT2D eigenvalue weighted by Gasteiger charge is 2.40. The maximum atomic E-state index is 5.04. The third-order valence-corrected chi connectivity index (χ3v) is 5.10. The van der Waals surface area contributed by atoms with Crippen molar-refractivity contribution in [3.8, 4) is 0 Å². The van der Waals surface area contributed by atoms with E-state index >= 15 is 0 Å². The maximum Gasteiger partial charge on any atom is 0.108 e. The second-order valence-electron chi connectivity index (χ2n) is 6.81. The third kappa shape index (κ3) is 2.98. The van der Waals surface area contributed by atoms with Crippen LogP contribution in [0.1, 0.15) is 30.0 Å². The van der Waals surface area contributed by atoms with Crippen molar-refractivity contribution in [1.82, 2.24) is 15.5 Å². The molecule has 2 aliphatic heterocycles. The van der Waals surface area contributed by atoms with Crippen LogP contribution in [0.25, 0.3) is 0 Å². The molecular formula is C20H28N4. The van der Waals surface area contributed by atoms with Gasteiger partial charge in [-0.25, -0.2) is 4.99 Å². The number of hydrogen-bond acceptors (Lipinski definition) is 3. The normalized spacial score (nSPS) is 23.4. The highest BCUT2D eigenvalue weighted by molar-refractivity contribution is 5.86. The first-order valence-corrected chi connectivity index (χ1v) is 8.73. The van der Waals surface area contributed by atoms with Crippen LogP contribution < -0.4 is 10.6 Å². The summed E-state index contributed by atoms with van der Waals surface area (Å²) in [6.07, 6.45) is 3.93. The lowest BCUT2D eigenvalue weighted by molar-refractivity contribution is 0.441. The van der Waals surface area contributed by atoms with Gasteiger partial charge in [0.25, 0.3) is 0 Å². The Hall–Kier alpha value is -2.07. The second kappa shape index (κ2) is 6.81. The number of aryl methyl sites for hydroxylation is 2. The van der Waals surface area contributed by atoms with Gasteiger partial charge in [-0.2, -0.15) is 0 Å². The summed E-state index contributed by atoms with van der Waals surface area (Å²) < 4.78 is 0. The number of aliphatic imine (C=N–C) groups is 1. The van der Waals surface area contributed by atoms with Crippen molar-refractivity contribution in [2.24, 2.45) is 4.99 Å². The summed E-state index contributed by atoms with van der Waals surface area (Å²) in [6.45, 7) is 16.4. The number of fused-ring (bicyclic) bond motifs is 1. The van der Waals surface area contributed by atoms with Crippen molar-refractivity contribution in [2.45, 2.75) is 45.7 Å². The van der Waals surface area contributed by atoms with Crippen molar-refractivity contribution in [1.29, 1.82) is 0 Å². The van der Waals surface area contributed by atoms with E-state index in [1.54, 1.807) is 0 Å². The van der Waals surface area contributed by atoms with Gasteiger partial charge in [0.15, 0.2) is 0 Å². The van der Waals surface area contributed by atoms with E-state index in [2.05, 4.69) is 61.6 Å². The van der Waals surface area contributed by atoms with Crippen LogP contribution in [-0.2, 0) is 6.42 Å². The van der Waals surface area contributed by atoms with Gasteiger partial charge in [-0.05, 0) is 50.3 Å². The molecule has 0 amide bonds. The molecule has 2 aliphatic rings. The zero-order chi connectivity index (χ0) is 17.3. The highest BCUT2D eigenvalue weighted by Crippen LogP contribution is 2.30. The van der Waals surface area contributed by atoms with Crippen molar-refractivity contribution in [3.05, 3.63) is 53.9 Å². The highest BCUT2D eigenvalue weighted by atomic mass is 15.4. The smallest absolute Gasteiger partial charge is 0.108 e. The van der Waals surface area contributed by atoms with Gasteiger partial charge in [0.05, 0.1) is 23.6 Å². The molecule has 2 unspecified atom stereocenters. The molecule has 1 aromatic rings. The van der Waals surface area contributed by atoms with E-state index in [9.17, 15) is 0 Å². The molecule has 2 fully saturated rings. The number of hydrogen-bond donors (Lipinski definition) is 2. The van der Waals surface area contributed by atoms with Crippen LogP contribution in [0.15, 0.2) is 42.2 Å². The first-order valence-electron chi connectivity index (χ1n) is 8.73. The van der Waals surface area contributed by atoms with Crippen molar-refractivity contribution in [3.63, 3.8) is 0 Å². The lowest BCUT2D eigenvalue weighted by Crippen LogP contribution is -2.37. The van der Waals surface area contributed by atoms with E-state index in [-0.39, 0.29) is 0 Å². The first-order chi connectivity index (χ1) is 11.5. The molecular weight excluding hydrogens is 296 g/mol. The Labute approximate surface area is 145 Å². The van der Waals surface area contributed by atoms with Gasteiger partial charge < -0.3 is 15.5 Å². The summed E-state index contributed by atoms with van der Waals surface area (Å²) in [7, 11) is 0. The van der Waals surface area contributed by atoms with E-state index in [1.807, 2.05) is 6.08 Å². The lowest BCUT2D eigenvalue weighted by atomic mass is 9.98. The first kappa shape index (κ1) is 16.8. The summed E-state index contributed by atoms with van der Waals surface area (Å²) in [5.41, 5.74) is 4.95. The van der Waals surface area contributed by atoms with Crippen molar-refractivity contribution in [2.75, 3.05) is 13.1 Å². The fourth-order valence-corrected chi connectivity index (χ4v) is 3.79. The Morgan fingerprint density at radius 3 is 2.83 bits per heavy atom. The molecule has 2 heterocycles. The fourth-order valence-electron chi connectivity index (χ4n) is 3.79. The van der Waals surface area contributed by atoms with E-state index < -0.39 is 0 Å². The fraction of sp³-hybridized carbons (Fsp3) is 0.450. The zero-order valence-electron chi connectivity index (χ0n) is 15.0. The number of nitrogens with one attached hydrogen (secondary N) is 2. The van der Waals surface area contributed by atoms with Crippen molar-refractivity contribution < 1.29 is 0 Å². The molecule has 4 nitrogen and oxygen atoms in total. The van der Waals surface area contributed by atoms with E-state index in [0.717, 1.165) is 43.3 Å². The van der Waals surface area contributed by atoms with Crippen LogP contribution in [0.5, 0.6) is 0 Å². The van der Waals surface area contributed by atoms with E-state index in [0.29, 0.717) is 12.1 Å². The molecule has 0 spiro atoms. The number of rotatable bonds is 4. The number of allylic oxidation sites excluding steroid dienone is 1. The molecule has 2 saturated heterocycles. The molecule has 0 bridgehead atoms. The summed E-state index contributed by atoms with van der Waals surface area (Å²) in [4.78, 5) is 7.30. The molecule has 2 N–H and O–H groups in total. The van der Waals surface area contributed by atoms with E-state index in [4.69, 9.17) is 4.99 Å². The molecule has 0 aliphatic carbocycles. The Kier molecular flexibility index (Phi) is 4.76. The molecule has 128 valence electrons. The summed E-state index contributed by atoms with van der Waals surface area (Å²) in [5.74, 6) is 1.97. The van der Waals surface area contributed by atoms with Gasteiger partial charge in [0.1, 0.15) is 5.84 Å². The van der Waals surface area contributed by atoms with Crippen LogP contribution in [0.4, 0.5) is 5.69 Å². The summed E-state index contributed by atoms with van der Waals surface area (Å²) >= 11 is 0. The monoisotopic (exact) mass is 324 g/mol. The average molecular weight is 324 g/mol. The SMILES string of the molecule is C=CCCc1c(C)ccc(C)c1N=C(C)N1C(=C)NC2CNCC21.